The van der Waals surface area contributed by atoms with Crippen molar-refractivity contribution in [3.63, 3.8) is 0 Å². The molecule has 152 valence electrons. The van der Waals surface area contributed by atoms with Crippen molar-refractivity contribution in [2.45, 2.75) is 0 Å². The minimum atomic E-state index is -0.866. The molecular weight excluding hydrogens is 420 g/mol. The van der Waals surface area contributed by atoms with E-state index in [-0.39, 0.29) is 33.2 Å². The molecule has 0 aliphatic carbocycles. The van der Waals surface area contributed by atoms with Gasteiger partial charge in [-0.25, -0.2) is 22.5 Å². The largest absolute Gasteiger partial charge is 0.298 e. The molecule has 4 aromatic rings. The maximum absolute atomic E-state index is 14.2. The van der Waals surface area contributed by atoms with E-state index in [4.69, 9.17) is 0 Å². The summed E-state index contributed by atoms with van der Waals surface area (Å²) in [4.78, 5) is 16.8. The van der Waals surface area contributed by atoms with Gasteiger partial charge >= 0.3 is 0 Å². The van der Waals surface area contributed by atoms with Gasteiger partial charge in [-0.05, 0) is 24.3 Å². The van der Waals surface area contributed by atoms with Gasteiger partial charge in [0.15, 0.2) is 5.13 Å². The van der Waals surface area contributed by atoms with Crippen molar-refractivity contribution in [3.05, 3.63) is 76.8 Å². The molecule has 30 heavy (non-hydrogen) atoms. The second kappa shape index (κ2) is 7.71. The molecule has 1 N–H and O–H groups in total. The van der Waals surface area contributed by atoms with Crippen LogP contribution in [0.3, 0.4) is 0 Å². The van der Waals surface area contributed by atoms with Crippen LogP contribution in [-0.2, 0) is 7.05 Å². The van der Waals surface area contributed by atoms with E-state index >= 15 is 0 Å². The quantitative estimate of drug-likeness (QED) is 0.461. The number of hydrogen-bond acceptors (Lipinski definition) is 4. The van der Waals surface area contributed by atoms with E-state index in [9.17, 15) is 22.4 Å². The van der Waals surface area contributed by atoms with Crippen LogP contribution in [0, 0.1) is 23.3 Å². The van der Waals surface area contributed by atoms with Gasteiger partial charge in [0.05, 0.1) is 16.8 Å². The second-order valence-corrected chi connectivity index (χ2v) is 7.14. The highest BCUT2D eigenvalue weighted by atomic mass is 32.1. The van der Waals surface area contributed by atoms with E-state index in [1.807, 2.05) is 0 Å². The first-order chi connectivity index (χ1) is 14.3. The lowest BCUT2D eigenvalue weighted by molar-refractivity contribution is 0.102. The van der Waals surface area contributed by atoms with Gasteiger partial charge in [0.2, 0.25) is 0 Å². The van der Waals surface area contributed by atoms with Crippen LogP contribution in [0.2, 0.25) is 0 Å². The molecule has 0 saturated heterocycles. The number of halogens is 4. The van der Waals surface area contributed by atoms with Gasteiger partial charge in [-0.15, -0.1) is 11.3 Å². The van der Waals surface area contributed by atoms with E-state index < -0.39 is 29.2 Å². The molecular formula is C20H12F4N4OS. The SMILES string of the molecule is Cn1cc(C(=O)Nc2nc(-c3c(F)cccc3F)cs2)c(-c2ccc(F)cc2F)n1. The first-order valence-corrected chi connectivity index (χ1v) is 9.42. The maximum Gasteiger partial charge on any atom is 0.261 e. The fourth-order valence-corrected chi connectivity index (χ4v) is 3.58. The molecule has 0 spiro atoms. The van der Waals surface area contributed by atoms with Crippen LogP contribution < -0.4 is 5.32 Å². The van der Waals surface area contributed by atoms with E-state index in [0.29, 0.717) is 6.07 Å². The second-order valence-electron chi connectivity index (χ2n) is 6.28. The summed E-state index contributed by atoms with van der Waals surface area (Å²) < 4.78 is 56.6. The first kappa shape index (κ1) is 19.8. The maximum atomic E-state index is 14.2. The standard InChI is InChI=1S/C20H12F4N4OS/c1-28-8-12(18(27-28)11-6-5-10(21)7-15(11)24)19(29)26-20-25-16(9-30-20)17-13(22)3-2-4-14(17)23/h2-9H,1H3,(H,25,26,29). The van der Waals surface area contributed by atoms with E-state index in [1.54, 1.807) is 7.05 Å². The Hall–Kier alpha value is -3.53. The molecule has 2 aromatic heterocycles. The van der Waals surface area contributed by atoms with Crippen LogP contribution in [-0.4, -0.2) is 20.7 Å². The topological polar surface area (TPSA) is 59.8 Å². The van der Waals surface area contributed by atoms with Crippen molar-refractivity contribution in [2.75, 3.05) is 5.32 Å². The van der Waals surface area contributed by atoms with Crippen molar-refractivity contribution < 1.29 is 22.4 Å². The van der Waals surface area contributed by atoms with Gasteiger partial charge in [-0.1, -0.05) is 6.07 Å². The summed E-state index contributed by atoms with van der Waals surface area (Å²) in [5.41, 5.74) is -0.275. The van der Waals surface area contributed by atoms with Crippen molar-refractivity contribution >= 4 is 22.4 Å². The zero-order valence-corrected chi connectivity index (χ0v) is 16.1. The molecule has 0 bridgehead atoms. The highest BCUT2D eigenvalue weighted by molar-refractivity contribution is 7.14. The Labute approximate surface area is 171 Å². The molecule has 0 radical (unpaired) electrons. The number of thiazole rings is 1. The fraction of sp³-hybridized carbons (Fsp3) is 0.0500. The lowest BCUT2D eigenvalue weighted by Crippen LogP contribution is -2.12. The summed E-state index contributed by atoms with van der Waals surface area (Å²) in [6, 6.07) is 6.39. The summed E-state index contributed by atoms with van der Waals surface area (Å²) >= 11 is 0.971. The Kier molecular flexibility index (Phi) is 5.08. The molecule has 0 aliphatic rings. The molecule has 2 aromatic carbocycles. The lowest BCUT2D eigenvalue weighted by Gasteiger charge is -2.04. The van der Waals surface area contributed by atoms with Crippen LogP contribution in [0.25, 0.3) is 22.5 Å². The highest BCUT2D eigenvalue weighted by Crippen LogP contribution is 2.30. The minimum absolute atomic E-state index is 0.0180. The van der Waals surface area contributed by atoms with Crippen molar-refractivity contribution in [1.82, 2.24) is 14.8 Å². The van der Waals surface area contributed by atoms with Gasteiger partial charge in [-0.2, -0.15) is 5.10 Å². The third kappa shape index (κ3) is 3.69. The Morgan fingerprint density at radius 1 is 1.07 bits per heavy atom. The molecule has 1 amide bonds. The number of aromatic nitrogens is 3. The summed E-state index contributed by atoms with van der Waals surface area (Å²) in [6.45, 7) is 0. The number of benzene rings is 2. The summed E-state index contributed by atoms with van der Waals surface area (Å²) in [7, 11) is 1.55. The van der Waals surface area contributed by atoms with Gasteiger partial charge in [0.1, 0.15) is 29.0 Å². The smallest absolute Gasteiger partial charge is 0.261 e. The Balaban J connectivity index is 1.64. The van der Waals surface area contributed by atoms with E-state index in [1.165, 1.54) is 28.4 Å². The van der Waals surface area contributed by atoms with Crippen LogP contribution in [0.15, 0.2) is 48.0 Å². The summed E-state index contributed by atoms with van der Waals surface area (Å²) in [5, 5.41) is 8.10. The molecule has 0 aliphatic heterocycles. The average molecular weight is 432 g/mol. The third-order valence-electron chi connectivity index (χ3n) is 4.20. The molecule has 5 nitrogen and oxygen atoms in total. The first-order valence-electron chi connectivity index (χ1n) is 8.54. The molecule has 0 atom stereocenters. The van der Waals surface area contributed by atoms with Crippen LogP contribution in [0.4, 0.5) is 22.7 Å². The zero-order chi connectivity index (χ0) is 21.4. The third-order valence-corrected chi connectivity index (χ3v) is 4.96. The molecule has 10 heteroatoms. The van der Waals surface area contributed by atoms with Crippen molar-refractivity contribution in [1.29, 1.82) is 0 Å². The van der Waals surface area contributed by atoms with Crippen LogP contribution in [0.1, 0.15) is 10.4 Å². The number of aryl methyl sites for hydroxylation is 1. The average Bonchev–Trinajstić information content (AvgIpc) is 3.28. The normalized spacial score (nSPS) is 11.0. The number of anilines is 1. The number of hydrogen-bond donors (Lipinski definition) is 1. The Morgan fingerprint density at radius 3 is 2.50 bits per heavy atom. The number of nitrogens with one attached hydrogen (secondary N) is 1. The van der Waals surface area contributed by atoms with Crippen LogP contribution >= 0.6 is 11.3 Å². The molecule has 0 unspecified atom stereocenters. The summed E-state index contributed by atoms with van der Waals surface area (Å²) in [5.74, 6) is -3.83. The summed E-state index contributed by atoms with van der Waals surface area (Å²) in [6.07, 6.45) is 1.37. The predicted molar refractivity (Wildman–Crippen MR) is 104 cm³/mol. The highest BCUT2D eigenvalue weighted by Gasteiger charge is 2.22. The fourth-order valence-electron chi connectivity index (χ4n) is 2.89. The van der Waals surface area contributed by atoms with E-state index in [2.05, 4.69) is 15.4 Å². The minimum Gasteiger partial charge on any atom is -0.298 e. The number of rotatable bonds is 4. The Morgan fingerprint density at radius 2 is 1.80 bits per heavy atom. The van der Waals surface area contributed by atoms with Gasteiger partial charge in [0, 0.05) is 30.3 Å². The predicted octanol–water partition coefficient (Wildman–Crippen LogP) is 5.02. The lowest BCUT2D eigenvalue weighted by atomic mass is 10.1. The molecule has 0 fully saturated rings. The van der Waals surface area contributed by atoms with Crippen LogP contribution in [0.5, 0.6) is 0 Å². The molecule has 0 saturated carbocycles. The molecule has 2 heterocycles. The van der Waals surface area contributed by atoms with Crippen molar-refractivity contribution in [2.24, 2.45) is 7.05 Å². The van der Waals surface area contributed by atoms with E-state index in [0.717, 1.165) is 29.5 Å². The number of carbonyl (C=O) groups excluding carboxylic acids is 1. The van der Waals surface area contributed by atoms with Gasteiger partial charge in [0.25, 0.3) is 5.91 Å². The van der Waals surface area contributed by atoms with Gasteiger partial charge in [-0.3, -0.25) is 14.8 Å². The van der Waals surface area contributed by atoms with Gasteiger partial charge < -0.3 is 0 Å². The zero-order valence-electron chi connectivity index (χ0n) is 15.3. The number of carbonyl (C=O) groups is 1. The monoisotopic (exact) mass is 432 g/mol. The number of nitrogens with zero attached hydrogens (tertiary/aromatic N) is 3. The van der Waals surface area contributed by atoms with Crippen molar-refractivity contribution in [3.8, 4) is 22.5 Å². The number of amides is 1. The Bertz CT molecular complexity index is 1250. The molecule has 4 rings (SSSR count).